The van der Waals surface area contributed by atoms with Crippen LogP contribution in [-0.2, 0) is 40.8 Å². The average molecular weight is 856 g/mol. The number of carbonyl (C=O) groups is 1. The molecule has 0 bridgehead atoms. The fraction of sp³-hybridized carbons (Fsp3) is 0.351. The van der Waals surface area contributed by atoms with Crippen molar-refractivity contribution in [2.24, 2.45) is 13.0 Å². The van der Waals surface area contributed by atoms with E-state index >= 15 is 8.78 Å². The summed E-state index contributed by atoms with van der Waals surface area (Å²) < 4.78 is 143. The number of amides is 1. The minimum Gasteiger partial charge on any atom is -0.373 e. The van der Waals surface area contributed by atoms with Crippen LogP contribution in [0.5, 0.6) is 0 Å². The number of aromatic nitrogens is 5. The zero-order valence-electron chi connectivity index (χ0n) is 30.1. The number of aliphatic hydroxyl groups is 1. The van der Waals surface area contributed by atoms with Gasteiger partial charge in [0.1, 0.15) is 48.6 Å². The number of benzene rings is 2. The normalized spacial score (nSPS) is 17.5. The van der Waals surface area contributed by atoms with Crippen molar-refractivity contribution in [3.63, 3.8) is 0 Å². The van der Waals surface area contributed by atoms with Crippen molar-refractivity contribution in [2.75, 3.05) is 24.3 Å². The lowest BCUT2D eigenvalue weighted by molar-refractivity contribution is -0.123. The van der Waals surface area contributed by atoms with E-state index in [0.29, 0.717) is 10.7 Å². The van der Waals surface area contributed by atoms with E-state index in [4.69, 9.17) is 11.6 Å². The Morgan fingerprint density at radius 1 is 1.07 bits per heavy atom. The molecule has 3 N–H and O–H groups in total. The zero-order valence-corrected chi connectivity index (χ0v) is 31.7. The number of sulfonamides is 1. The largest absolute Gasteiger partial charge is 0.373 e. The second-order valence-corrected chi connectivity index (χ2v) is 16.3. The summed E-state index contributed by atoms with van der Waals surface area (Å²) in [6.07, 6.45) is -2.81. The number of nitrogens with zero attached hydrogens (tertiary/aromatic N) is 5. The minimum atomic E-state index is -3.89. The third-order valence-electron chi connectivity index (χ3n) is 9.79. The van der Waals surface area contributed by atoms with Crippen LogP contribution in [0.15, 0.2) is 42.5 Å². The van der Waals surface area contributed by atoms with E-state index in [1.165, 1.54) is 36.0 Å². The molecule has 0 radical (unpaired) electrons. The molecule has 2 aromatic carbocycles. The molecule has 7 rings (SSSR count). The van der Waals surface area contributed by atoms with Gasteiger partial charge in [-0.2, -0.15) is 19.0 Å². The van der Waals surface area contributed by atoms with Gasteiger partial charge in [-0.05, 0) is 60.6 Å². The van der Waals surface area contributed by atoms with Crippen molar-refractivity contribution < 1.29 is 53.4 Å². The predicted molar refractivity (Wildman–Crippen MR) is 194 cm³/mol. The van der Waals surface area contributed by atoms with Gasteiger partial charge in [-0.3, -0.25) is 18.9 Å². The van der Waals surface area contributed by atoms with Crippen LogP contribution in [0.1, 0.15) is 58.7 Å². The number of fused-ring (bicyclic) bond motifs is 4. The molecule has 1 saturated carbocycles. The van der Waals surface area contributed by atoms with Crippen LogP contribution in [0.3, 0.4) is 0 Å². The molecular weight excluding hydrogens is 826 g/mol. The molecule has 306 valence electrons. The molecule has 0 unspecified atom stereocenters. The summed E-state index contributed by atoms with van der Waals surface area (Å²) >= 11 is 6.54. The summed E-state index contributed by atoms with van der Waals surface area (Å²) in [6, 6.07) is 6.57. The molecule has 3 atom stereocenters. The van der Waals surface area contributed by atoms with Gasteiger partial charge in [0.05, 0.1) is 33.9 Å². The predicted octanol–water partition coefficient (Wildman–Crippen LogP) is 6.40. The van der Waals surface area contributed by atoms with Crippen molar-refractivity contribution in [1.29, 1.82) is 0 Å². The number of nitrogens with one attached hydrogen (secondary N) is 2. The Morgan fingerprint density at radius 2 is 1.74 bits per heavy atom. The first-order chi connectivity index (χ1) is 27.2. The van der Waals surface area contributed by atoms with Gasteiger partial charge in [0, 0.05) is 35.7 Å². The van der Waals surface area contributed by atoms with Gasteiger partial charge in [-0.1, -0.05) is 23.6 Å². The van der Waals surface area contributed by atoms with Gasteiger partial charge < -0.3 is 10.4 Å². The van der Waals surface area contributed by atoms with Crippen LogP contribution in [0.25, 0.3) is 22.0 Å². The molecule has 0 aliphatic heterocycles. The number of hydrogen-bond donors (Lipinski definition) is 3. The summed E-state index contributed by atoms with van der Waals surface area (Å²) in [5.41, 5.74) is -4.58. The first kappa shape index (κ1) is 40.9. The summed E-state index contributed by atoms with van der Waals surface area (Å²) in [6.45, 7) is -4.19. The number of anilines is 1. The molecule has 0 spiro atoms. The minimum absolute atomic E-state index is 0.0218. The molecule has 5 aromatic rings. The lowest BCUT2D eigenvalue weighted by atomic mass is 9.93. The number of alkyl halides is 6. The highest BCUT2D eigenvalue weighted by molar-refractivity contribution is 7.92. The Hall–Kier alpha value is -5.26. The Morgan fingerprint density at radius 3 is 2.38 bits per heavy atom. The second kappa shape index (κ2) is 14.8. The number of hydrogen-bond acceptors (Lipinski definition) is 7. The van der Waals surface area contributed by atoms with Crippen LogP contribution in [0, 0.1) is 29.4 Å². The number of rotatable bonds is 12. The van der Waals surface area contributed by atoms with Crippen LogP contribution in [0.4, 0.5) is 40.9 Å². The summed E-state index contributed by atoms with van der Waals surface area (Å²) in [5.74, 6) is -4.43. The van der Waals surface area contributed by atoms with E-state index < -0.39 is 101 Å². The monoisotopic (exact) mass is 855 g/mol. The highest BCUT2D eigenvalue weighted by atomic mass is 35.5. The van der Waals surface area contributed by atoms with Crippen LogP contribution >= 0.6 is 11.6 Å². The third kappa shape index (κ3) is 7.69. The van der Waals surface area contributed by atoms with Gasteiger partial charge in [-0.15, -0.1) is 0 Å². The molecule has 11 nitrogen and oxygen atoms in total. The molecule has 2 aliphatic rings. The fourth-order valence-electron chi connectivity index (χ4n) is 7.30. The Balaban J connectivity index is 1.40. The first-order valence-corrected chi connectivity index (χ1v) is 19.5. The zero-order chi connectivity index (χ0) is 42.1. The van der Waals surface area contributed by atoms with E-state index in [0.717, 1.165) is 18.4 Å². The van der Waals surface area contributed by atoms with E-state index in [9.17, 15) is 44.7 Å². The van der Waals surface area contributed by atoms with Gasteiger partial charge in [0.25, 0.3) is 12.3 Å². The first-order valence-electron chi connectivity index (χ1n) is 17.3. The Bertz CT molecular complexity index is 2640. The number of aryl methyl sites for hydroxylation is 1. The van der Waals surface area contributed by atoms with E-state index in [1.807, 2.05) is 0 Å². The fourth-order valence-corrected chi connectivity index (χ4v) is 8.03. The summed E-state index contributed by atoms with van der Waals surface area (Å²) in [4.78, 5) is 18.4. The highest BCUT2D eigenvalue weighted by Gasteiger charge is 2.67. The number of halogens is 9. The molecular formula is C37H30ClF8N7O4S. The maximum absolute atomic E-state index is 15.4. The number of carbonyl (C=O) groups excluding carboxylic acids is 1. The van der Waals surface area contributed by atoms with Crippen LogP contribution in [-0.4, -0.2) is 69.2 Å². The molecule has 1 fully saturated rings. The van der Waals surface area contributed by atoms with Crippen molar-refractivity contribution in [3.8, 4) is 23.0 Å². The topological polar surface area (TPSA) is 144 Å². The van der Waals surface area contributed by atoms with E-state index in [1.54, 1.807) is 0 Å². The van der Waals surface area contributed by atoms with Crippen LogP contribution in [0.2, 0.25) is 5.02 Å². The molecule has 3 aromatic heterocycles. The summed E-state index contributed by atoms with van der Waals surface area (Å²) in [7, 11) is -2.43. The van der Waals surface area contributed by atoms with Crippen molar-refractivity contribution in [1.82, 2.24) is 29.9 Å². The molecule has 0 saturated heterocycles. The second-order valence-electron chi connectivity index (χ2n) is 14.1. The third-order valence-corrected chi connectivity index (χ3v) is 10.7. The lowest BCUT2D eigenvalue weighted by Crippen LogP contribution is -2.35. The smallest absolute Gasteiger partial charge is 0.293 e. The molecule has 3 heterocycles. The molecule has 2 aliphatic carbocycles. The standard InChI is InChI=1S/C37H30ClF8N7O4S/c1-52-32-22(5-6-25(38)29(32)35(50-52)51-58(2,56)57)21-4-3-20(7-8-36(55,15-39)16-40)47-30(21)26(11-17-9-18(41)12-19(42)10-17)48-27(54)14-53-33-28(31(49-53)34(43)44)23-13-24(23)37(33,45)46/h3-6,9-10,12,23-24,26,34,55H,11,13-16H2,1-2H3,(H,48,54)(H,50,51)/t23-,24+,26-/m0/s1. The SMILES string of the molecule is Cn1nc(NS(C)(=O)=O)c2c(Cl)ccc(-c3ccc(C#CC(O)(CF)CF)nc3[C@H](Cc3cc(F)cc(F)c3)NC(=O)Cn3nc(C(F)F)c4c3C(F)(F)[C@@H]3C[C@H]43)c21. The Labute approximate surface area is 329 Å². The Kier molecular flexibility index (Phi) is 10.5. The quantitative estimate of drug-likeness (QED) is 0.0974. The highest BCUT2D eigenvalue weighted by Crippen LogP contribution is 2.68. The van der Waals surface area contributed by atoms with Gasteiger partial charge in [0.15, 0.2) is 11.4 Å². The van der Waals surface area contributed by atoms with Gasteiger partial charge in [0.2, 0.25) is 15.9 Å². The van der Waals surface area contributed by atoms with E-state index in [-0.39, 0.29) is 61.8 Å². The lowest BCUT2D eigenvalue weighted by Gasteiger charge is -2.23. The summed E-state index contributed by atoms with van der Waals surface area (Å²) in [5, 5.41) is 20.9. The molecule has 58 heavy (non-hydrogen) atoms. The molecule has 21 heteroatoms. The maximum atomic E-state index is 15.4. The van der Waals surface area contributed by atoms with Gasteiger partial charge in [-0.25, -0.2) is 39.7 Å². The average Bonchev–Trinajstić information content (AvgIpc) is 3.68. The van der Waals surface area contributed by atoms with Crippen molar-refractivity contribution >= 4 is 44.3 Å². The maximum Gasteiger partial charge on any atom is 0.293 e. The number of pyridine rings is 1. The van der Waals surface area contributed by atoms with Gasteiger partial charge >= 0.3 is 0 Å². The van der Waals surface area contributed by atoms with E-state index in [2.05, 4.69) is 37.1 Å². The van der Waals surface area contributed by atoms with Crippen molar-refractivity contribution in [2.45, 2.75) is 49.3 Å². The molecule has 1 amide bonds. The van der Waals surface area contributed by atoms with Crippen LogP contribution < -0.4 is 10.0 Å². The van der Waals surface area contributed by atoms with Crippen molar-refractivity contribution in [3.05, 3.63) is 93.0 Å².